The van der Waals surface area contributed by atoms with Crippen molar-refractivity contribution in [3.05, 3.63) is 66.5 Å². The number of carbonyl (C=O) groups is 1. The van der Waals surface area contributed by atoms with E-state index in [1.54, 1.807) is 0 Å². The topological polar surface area (TPSA) is 146 Å². The molecule has 0 radical (unpaired) electrons. The zero-order valence-electron chi connectivity index (χ0n) is 19.3. The Bertz CT molecular complexity index is 1480. The largest absolute Gasteiger partial charge is 0.481 e. The molecule has 0 spiro atoms. The molecule has 1 aliphatic heterocycles. The number of aromatic nitrogens is 3. The average molecular weight is 508 g/mol. The van der Waals surface area contributed by atoms with Gasteiger partial charge in [0.25, 0.3) is 10.0 Å². The van der Waals surface area contributed by atoms with Crippen LogP contribution >= 0.6 is 0 Å². The van der Waals surface area contributed by atoms with Crippen molar-refractivity contribution >= 4 is 38.7 Å². The highest BCUT2D eigenvalue weighted by Gasteiger charge is 2.24. The molecule has 5 rings (SSSR count). The molecule has 3 heterocycles. The van der Waals surface area contributed by atoms with Crippen LogP contribution < -0.4 is 10.0 Å². The van der Waals surface area contributed by atoms with E-state index in [9.17, 15) is 13.2 Å². The number of fused-ring (bicyclic) bond motifs is 1. The number of ether oxygens (including phenoxy) is 1. The molecule has 0 saturated carbocycles. The third kappa shape index (κ3) is 5.02. The molecule has 1 atom stereocenters. The van der Waals surface area contributed by atoms with Gasteiger partial charge in [0.2, 0.25) is 0 Å². The summed E-state index contributed by atoms with van der Waals surface area (Å²) < 4.78 is 34.9. The van der Waals surface area contributed by atoms with Crippen LogP contribution in [0.4, 0.5) is 11.6 Å². The lowest BCUT2D eigenvalue weighted by Gasteiger charge is -2.13. The molecule has 0 amide bonds. The molecule has 1 fully saturated rings. The van der Waals surface area contributed by atoms with Crippen molar-refractivity contribution in [1.29, 1.82) is 0 Å². The molecule has 4 N–H and O–H groups in total. The van der Waals surface area contributed by atoms with Crippen molar-refractivity contribution in [2.75, 3.05) is 23.2 Å². The molecule has 1 saturated heterocycles. The van der Waals surface area contributed by atoms with Crippen LogP contribution in [0, 0.1) is 0 Å². The number of H-pyrrole nitrogens is 1. The fourth-order valence-electron chi connectivity index (χ4n) is 4.30. The van der Waals surface area contributed by atoms with Crippen LogP contribution in [0.1, 0.15) is 18.4 Å². The number of anilines is 2. The Hall–Kier alpha value is -3.96. The van der Waals surface area contributed by atoms with Crippen LogP contribution in [0.2, 0.25) is 0 Å². The van der Waals surface area contributed by atoms with Crippen molar-refractivity contribution in [3.63, 3.8) is 0 Å². The highest BCUT2D eigenvalue weighted by molar-refractivity contribution is 7.92. The maximum absolute atomic E-state index is 13.3. The van der Waals surface area contributed by atoms with E-state index in [1.807, 2.05) is 30.3 Å². The molecule has 36 heavy (non-hydrogen) atoms. The van der Waals surface area contributed by atoms with Crippen molar-refractivity contribution in [2.24, 2.45) is 0 Å². The number of benzene rings is 2. The van der Waals surface area contributed by atoms with Crippen molar-refractivity contribution in [1.82, 2.24) is 15.0 Å². The number of hydrogen-bond acceptors (Lipinski definition) is 7. The van der Waals surface area contributed by atoms with E-state index in [0.717, 1.165) is 25.0 Å². The monoisotopic (exact) mass is 507 g/mol. The summed E-state index contributed by atoms with van der Waals surface area (Å²) in [5.74, 6) is -0.153. The van der Waals surface area contributed by atoms with Crippen LogP contribution in [0.25, 0.3) is 22.2 Å². The summed E-state index contributed by atoms with van der Waals surface area (Å²) in [4.78, 5) is 22.8. The Kier molecular flexibility index (Phi) is 6.57. The van der Waals surface area contributed by atoms with Crippen LogP contribution in [-0.4, -0.2) is 53.7 Å². The predicted molar refractivity (Wildman–Crippen MR) is 135 cm³/mol. The van der Waals surface area contributed by atoms with E-state index >= 15 is 0 Å². The average Bonchev–Trinajstić information content (AvgIpc) is 3.51. The fraction of sp³-hybridized carbons (Fsp3) is 0.240. The van der Waals surface area contributed by atoms with Gasteiger partial charge in [-0.05, 0) is 36.1 Å². The molecule has 186 valence electrons. The zero-order valence-corrected chi connectivity index (χ0v) is 20.1. The summed E-state index contributed by atoms with van der Waals surface area (Å²) in [5, 5.41) is 13.0. The molecule has 10 nitrogen and oxygen atoms in total. The Morgan fingerprint density at radius 2 is 1.89 bits per heavy atom. The van der Waals surface area contributed by atoms with Gasteiger partial charge in [-0.25, -0.2) is 18.4 Å². The van der Waals surface area contributed by atoms with Crippen molar-refractivity contribution in [3.8, 4) is 11.1 Å². The first-order valence-corrected chi connectivity index (χ1v) is 13.0. The lowest BCUT2D eigenvalue weighted by Crippen LogP contribution is -2.19. The molecular formula is C25H25N5O5S. The summed E-state index contributed by atoms with van der Waals surface area (Å²) in [6.07, 6.45) is 3.32. The van der Waals surface area contributed by atoms with Crippen LogP contribution in [0.5, 0.6) is 0 Å². The highest BCUT2D eigenvalue weighted by atomic mass is 32.2. The molecule has 4 aromatic rings. The number of rotatable bonds is 9. The molecule has 11 heteroatoms. The maximum Gasteiger partial charge on any atom is 0.307 e. The number of nitrogens with one attached hydrogen (secondary N) is 3. The van der Waals surface area contributed by atoms with E-state index in [4.69, 9.17) is 9.84 Å². The minimum atomic E-state index is -3.99. The van der Waals surface area contributed by atoms with Crippen molar-refractivity contribution in [2.45, 2.75) is 30.3 Å². The summed E-state index contributed by atoms with van der Waals surface area (Å²) in [7, 11) is -3.99. The molecule has 2 aromatic carbocycles. The van der Waals surface area contributed by atoms with E-state index in [0.29, 0.717) is 34.5 Å². The van der Waals surface area contributed by atoms with Gasteiger partial charge in [0.15, 0.2) is 0 Å². The predicted octanol–water partition coefficient (Wildman–Crippen LogP) is 3.64. The SMILES string of the molecule is O=C(O)Cc1ccc(S(=O)(=O)Nc2[nH]c3ncnc(NCC4CCCO4)c3c2-c2ccccc2)cc1. The van der Waals surface area contributed by atoms with E-state index in [1.165, 1.54) is 30.6 Å². The molecule has 0 aliphatic carbocycles. The number of sulfonamides is 1. The number of carboxylic acid groups (broad SMARTS) is 1. The summed E-state index contributed by atoms with van der Waals surface area (Å²) in [5.41, 5.74) is 2.39. The summed E-state index contributed by atoms with van der Waals surface area (Å²) in [6.45, 7) is 1.32. The third-order valence-corrected chi connectivity index (χ3v) is 7.37. The normalized spacial score (nSPS) is 15.7. The first-order chi connectivity index (χ1) is 17.4. The lowest BCUT2D eigenvalue weighted by molar-refractivity contribution is -0.136. The van der Waals surface area contributed by atoms with Crippen LogP contribution in [0.15, 0.2) is 65.8 Å². The Morgan fingerprint density at radius 3 is 2.58 bits per heavy atom. The van der Waals surface area contributed by atoms with Gasteiger partial charge in [-0.2, -0.15) is 0 Å². The number of carboxylic acids is 1. The molecular weight excluding hydrogens is 482 g/mol. The van der Waals surface area contributed by atoms with Gasteiger partial charge in [0.05, 0.1) is 22.8 Å². The lowest BCUT2D eigenvalue weighted by atomic mass is 10.1. The Labute approximate surface area is 207 Å². The minimum absolute atomic E-state index is 0.0112. The second-order valence-electron chi connectivity index (χ2n) is 8.52. The highest BCUT2D eigenvalue weighted by Crippen LogP contribution is 2.39. The first kappa shape index (κ1) is 23.8. The first-order valence-electron chi connectivity index (χ1n) is 11.5. The molecule has 2 aromatic heterocycles. The van der Waals surface area contributed by atoms with E-state index < -0.39 is 16.0 Å². The maximum atomic E-state index is 13.3. The van der Waals surface area contributed by atoms with Crippen LogP contribution in [0.3, 0.4) is 0 Å². The van der Waals surface area contributed by atoms with Gasteiger partial charge in [-0.3, -0.25) is 9.52 Å². The van der Waals surface area contributed by atoms with Crippen molar-refractivity contribution < 1.29 is 23.1 Å². The molecule has 1 unspecified atom stereocenters. The van der Waals surface area contributed by atoms with Gasteiger partial charge in [0, 0.05) is 18.7 Å². The van der Waals surface area contributed by atoms with E-state index in [2.05, 4.69) is 25.0 Å². The summed E-state index contributed by atoms with van der Waals surface area (Å²) in [6, 6.07) is 15.2. The minimum Gasteiger partial charge on any atom is -0.481 e. The second-order valence-corrected chi connectivity index (χ2v) is 10.2. The Balaban J connectivity index is 1.53. The van der Waals surface area contributed by atoms with Gasteiger partial charge in [-0.1, -0.05) is 42.5 Å². The van der Waals surface area contributed by atoms with Gasteiger partial charge in [-0.15, -0.1) is 0 Å². The number of aromatic amines is 1. The Morgan fingerprint density at radius 1 is 1.11 bits per heavy atom. The molecule has 1 aliphatic rings. The second kappa shape index (κ2) is 9.96. The summed E-state index contributed by atoms with van der Waals surface area (Å²) >= 11 is 0. The number of hydrogen-bond donors (Lipinski definition) is 4. The number of nitrogens with zero attached hydrogens (tertiary/aromatic N) is 2. The quantitative estimate of drug-likeness (QED) is 0.269. The van der Waals surface area contributed by atoms with Gasteiger partial charge >= 0.3 is 5.97 Å². The van der Waals surface area contributed by atoms with Gasteiger partial charge in [0.1, 0.15) is 23.6 Å². The smallest absolute Gasteiger partial charge is 0.307 e. The van der Waals surface area contributed by atoms with Crippen LogP contribution in [-0.2, 0) is 26.0 Å². The zero-order chi connectivity index (χ0) is 25.1. The van der Waals surface area contributed by atoms with E-state index in [-0.39, 0.29) is 23.2 Å². The molecule has 0 bridgehead atoms. The standard InChI is InChI=1S/C25H25N5O5S/c31-20(32)13-16-8-10-19(11-9-16)36(33,34)30-25-21(17-5-2-1-3-6-17)22-23(27-15-28-24(22)29-25)26-14-18-7-4-12-35-18/h1-3,5-6,8-11,15,18,30H,4,7,12-14H2,(H,31,32)(H2,26,27,28,29). The van der Waals surface area contributed by atoms with Gasteiger partial charge < -0.3 is 20.1 Å². The number of aliphatic carboxylic acids is 1. The third-order valence-electron chi connectivity index (χ3n) is 6.00. The fourth-order valence-corrected chi connectivity index (χ4v) is 5.33.